The Morgan fingerprint density at radius 2 is 2.25 bits per heavy atom. The predicted octanol–water partition coefficient (Wildman–Crippen LogP) is 1.73. The van der Waals surface area contributed by atoms with Crippen LogP contribution >= 0.6 is 11.3 Å². The standard InChI is InChI=1S/C12H11N3OS.CH2O2/c16-12-11-10(3-5-13-11)14-8-15(12)6-4-9-2-1-7-17-9;2-1-3/h1-3,5,7-8,13H,4,6H2;1H,(H,2,3). The van der Waals surface area contributed by atoms with E-state index in [0.717, 1.165) is 11.9 Å². The fourth-order valence-corrected chi connectivity index (χ4v) is 2.51. The molecule has 7 heteroatoms. The summed E-state index contributed by atoms with van der Waals surface area (Å²) in [7, 11) is 0. The van der Waals surface area contributed by atoms with E-state index < -0.39 is 0 Å². The van der Waals surface area contributed by atoms with Gasteiger partial charge in [0.1, 0.15) is 5.52 Å². The number of rotatable bonds is 3. The van der Waals surface area contributed by atoms with E-state index in [1.54, 1.807) is 34.5 Å². The summed E-state index contributed by atoms with van der Waals surface area (Å²) in [6, 6.07) is 5.91. The van der Waals surface area contributed by atoms with Crippen molar-refractivity contribution in [3.63, 3.8) is 0 Å². The molecule has 0 aromatic carbocycles. The number of carbonyl (C=O) groups is 1. The molecule has 0 bridgehead atoms. The van der Waals surface area contributed by atoms with Gasteiger partial charge in [-0.25, -0.2) is 4.98 Å². The van der Waals surface area contributed by atoms with Gasteiger partial charge in [-0.2, -0.15) is 0 Å². The van der Waals surface area contributed by atoms with Crippen LogP contribution < -0.4 is 5.56 Å². The van der Waals surface area contributed by atoms with Gasteiger partial charge in [0.05, 0.1) is 11.8 Å². The lowest BCUT2D eigenvalue weighted by atomic mass is 10.3. The predicted molar refractivity (Wildman–Crippen MR) is 77.1 cm³/mol. The van der Waals surface area contributed by atoms with Crippen molar-refractivity contribution in [2.75, 3.05) is 0 Å². The molecule has 20 heavy (non-hydrogen) atoms. The van der Waals surface area contributed by atoms with Crippen LogP contribution in [0.1, 0.15) is 4.88 Å². The van der Waals surface area contributed by atoms with Crippen molar-refractivity contribution in [3.8, 4) is 0 Å². The number of thiophene rings is 1. The average Bonchev–Trinajstić information content (AvgIpc) is 3.10. The van der Waals surface area contributed by atoms with Crippen molar-refractivity contribution in [1.29, 1.82) is 0 Å². The smallest absolute Gasteiger partial charge is 0.290 e. The Balaban J connectivity index is 0.000000452. The van der Waals surface area contributed by atoms with Gasteiger partial charge in [0.25, 0.3) is 12.0 Å². The van der Waals surface area contributed by atoms with Crippen LogP contribution in [0.15, 0.2) is 40.9 Å². The molecule has 6 nitrogen and oxygen atoms in total. The molecule has 0 atom stereocenters. The fourth-order valence-electron chi connectivity index (χ4n) is 1.81. The van der Waals surface area contributed by atoms with Crippen molar-refractivity contribution in [3.05, 3.63) is 51.3 Å². The summed E-state index contributed by atoms with van der Waals surface area (Å²) >= 11 is 1.71. The summed E-state index contributed by atoms with van der Waals surface area (Å²) < 4.78 is 1.65. The minimum absolute atomic E-state index is 0.00319. The molecular weight excluding hydrogens is 278 g/mol. The second-order valence-electron chi connectivity index (χ2n) is 3.92. The number of carboxylic acid groups (broad SMARTS) is 1. The number of nitrogens with zero attached hydrogens (tertiary/aromatic N) is 2. The molecule has 0 aliphatic carbocycles. The van der Waals surface area contributed by atoms with Crippen LogP contribution in [0.4, 0.5) is 0 Å². The van der Waals surface area contributed by atoms with Gasteiger partial charge in [-0.05, 0) is 23.9 Å². The third-order valence-electron chi connectivity index (χ3n) is 2.72. The molecule has 0 unspecified atom stereocenters. The van der Waals surface area contributed by atoms with Crippen molar-refractivity contribution < 1.29 is 9.90 Å². The molecule has 0 amide bonds. The van der Waals surface area contributed by atoms with Crippen LogP contribution in [0.2, 0.25) is 0 Å². The first-order chi connectivity index (χ1) is 9.76. The van der Waals surface area contributed by atoms with Crippen LogP contribution in [0.25, 0.3) is 11.0 Å². The zero-order chi connectivity index (χ0) is 14.4. The Morgan fingerprint density at radius 3 is 2.95 bits per heavy atom. The minimum Gasteiger partial charge on any atom is -0.483 e. The Kier molecular flexibility index (Phi) is 4.67. The second kappa shape index (κ2) is 6.67. The van der Waals surface area contributed by atoms with E-state index in [-0.39, 0.29) is 12.0 Å². The highest BCUT2D eigenvalue weighted by molar-refractivity contribution is 7.09. The molecule has 0 saturated heterocycles. The number of aryl methyl sites for hydroxylation is 2. The molecule has 3 heterocycles. The number of aromatic nitrogens is 3. The van der Waals surface area contributed by atoms with Crippen molar-refractivity contribution in [1.82, 2.24) is 14.5 Å². The Morgan fingerprint density at radius 1 is 1.45 bits per heavy atom. The summed E-state index contributed by atoms with van der Waals surface area (Å²) in [5.74, 6) is 0. The maximum Gasteiger partial charge on any atom is 0.290 e. The van der Waals surface area contributed by atoms with Gasteiger partial charge in [-0.3, -0.25) is 14.2 Å². The SMILES string of the molecule is O=CO.O=c1c2[nH]ccc2ncn1CCc1cccs1. The highest BCUT2D eigenvalue weighted by Crippen LogP contribution is 2.10. The van der Waals surface area contributed by atoms with Gasteiger partial charge in [-0.15, -0.1) is 11.3 Å². The quantitative estimate of drug-likeness (QED) is 0.719. The molecule has 3 rings (SSSR count). The molecule has 0 aliphatic rings. The van der Waals surface area contributed by atoms with Gasteiger partial charge in [0.2, 0.25) is 0 Å². The van der Waals surface area contributed by atoms with Crippen molar-refractivity contribution >= 4 is 28.8 Å². The zero-order valence-corrected chi connectivity index (χ0v) is 11.3. The summed E-state index contributed by atoms with van der Waals surface area (Å²) in [5, 5.41) is 8.94. The van der Waals surface area contributed by atoms with E-state index in [0.29, 0.717) is 12.1 Å². The molecule has 2 N–H and O–H groups in total. The van der Waals surface area contributed by atoms with Gasteiger partial charge in [0.15, 0.2) is 0 Å². The van der Waals surface area contributed by atoms with E-state index in [1.807, 2.05) is 11.4 Å². The lowest BCUT2D eigenvalue weighted by molar-refractivity contribution is -0.122. The molecule has 104 valence electrons. The first-order valence-electron chi connectivity index (χ1n) is 5.89. The summed E-state index contributed by atoms with van der Waals surface area (Å²) in [5.41, 5.74) is 1.30. The van der Waals surface area contributed by atoms with E-state index in [9.17, 15) is 4.79 Å². The minimum atomic E-state index is -0.250. The monoisotopic (exact) mass is 291 g/mol. The third kappa shape index (κ3) is 3.12. The van der Waals surface area contributed by atoms with E-state index in [4.69, 9.17) is 9.90 Å². The van der Waals surface area contributed by atoms with Crippen LogP contribution in [-0.4, -0.2) is 26.1 Å². The summed E-state index contributed by atoms with van der Waals surface area (Å²) in [6.07, 6.45) is 4.22. The fraction of sp³-hybridized carbons (Fsp3) is 0.154. The number of fused-ring (bicyclic) bond motifs is 1. The molecule has 3 aromatic rings. The van der Waals surface area contributed by atoms with Crippen LogP contribution in [-0.2, 0) is 17.8 Å². The summed E-state index contributed by atoms with van der Waals surface area (Å²) in [4.78, 5) is 28.9. The highest BCUT2D eigenvalue weighted by atomic mass is 32.1. The van der Waals surface area contributed by atoms with Crippen LogP contribution in [0, 0.1) is 0 Å². The largest absolute Gasteiger partial charge is 0.483 e. The van der Waals surface area contributed by atoms with Gasteiger partial charge < -0.3 is 10.1 Å². The molecule has 0 saturated carbocycles. The molecule has 0 aliphatic heterocycles. The van der Waals surface area contributed by atoms with E-state index >= 15 is 0 Å². The highest BCUT2D eigenvalue weighted by Gasteiger charge is 2.04. The number of H-pyrrole nitrogens is 1. The molecule has 0 radical (unpaired) electrons. The lowest BCUT2D eigenvalue weighted by Gasteiger charge is -2.03. The van der Waals surface area contributed by atoms with E-state index in [1.165, 1.54) is 4.88 Å². The first kappa shape index (κ1) is 14.0. The molecule has 3 aromatic heterocycles. The number of aromatic amines is 1. The number of hydrogen-bond acceptors (Lipinski definition) is 4. The molecule has 0 spiro atoms. The Bertz CT molecular complexity index is 731. The molecular formula is C13H13N3O3S. The lowest BCUT2D eigenvalue weighted by Crippen LogP contribution is -2.21. The van der Waals surface area contributed by atoms with Gasteiger partial charge in [-0.1, -0.05) is 6.07 Å². The van der Waals surface area contributed by atoms with Crippen molar-refractivity contribution in [2.24, 2.45) is 0 Å². The normalized spacial score (nSPS) is 10.0. The second-order valence-corrected chi connectivity index (χ2v) is 4.95. The molecule has 0 fully saturated rings. The van der Waals surface area contributed by atoms with Gasteiger partial charge >= 0.3 is 0 Å². The Labute approximate surface area is 118 Å². The number of nitrogens with one attached hydrogen (secondary N) is 1. The van der Waals surface area contributed by atoms with Crippen molar-refractivity contribution in [2.45, 2.75) is 13.0 Å². The topological polar surface area (TPSA) is 88.0 Å². The zero-order valence-electron chi connectivity index (χ0n) is 10.5. The maximum absolute atomic E-state index is 12.0. The van der Waals surface area contributed by atoms with Crippen LogP contribution in [0.3, 0.4) is 0 Å². The summed E-state index contributed by atoms with van der Waals surface area (Å²) in [6.45, 7) is 0.418. The third-order valence-corrected chi connectivity index (χ3v) is 3.65. The first-order valence-corrected chi connectivity index (χ1v) is 6.77. The van der Waals surface area contributed by atoms with E-state index in [2.05, 4.69) is 16.0 Å². The maximum atomic E-state index is 12.0. The van der Waals surface area contributed by atoms with Gasteiger partial charge in [0, 0.05) is 17.6 Å². The Hall–Kier alpha value is -2.41. The average molecular weight is 291 g/mol. The number of hydrogen-bond donors (Lipinski definition) is 2. The van der Waals surface area contributed by atoms with Crippen LogP contribution in [0.5, 0.6) is 0 Å².